The highest BCUT2D eigenvalue weighted by Crippen LogP contribution is 2.28. The summed E-state index contributed by atoms with van der Waals surface area (Å²) in [6.07, 6.45) is 0. The van der Waals surface area contributed by atoms with Crippen LogP contribution in [0.2, 0.25) is 0 Å². The Labute approximate surface area is 202 Å². The Hall–Kier alpha value is -3.52. The zero-order valence-corrected chi connectivity index (χ0v) is 19.6. The van der Waals surface area contributed by atoms with Gasteiger partial charge in [0, 0.05) is 17.9 Å². The van der Waals surface area contributed by atoms with Gasteiger partial charge in [0.15, 0.2) is 4.34 Å². The van der Waals surface area contributed by atoms with Crippen molar-refractivity contribution in [2.24, 2.45) is 0 Å². The third-order valence-electron chi connectivity index (χ3n) is 4.49. The maximum atomic E-state index is 12.5. The quantitative estimate of drug-likeness (QED) is 0.267. The van der Waals surface area contributed by atoms with Crippen LogP contribution in [0.4, 0.5) is 5.13 Å². The van der Waals surface area contributed by atoms with Crippen molar-refractivity contribution in [2.45, 2.75) is 16.6 Å². The van der Waals surface area contributed by atoms with Crippen LogP contribution < -0.4 is 10.6 Å². The average Bonchev–Trinajstić information content (AvgIpc) is 3.54. The van der Waals surface area contributed by atoms with Crippen LogP contribution in [0, 0.1) is 11.3 Å². The minimum Gasteiger partial charge on any atom is -0.347 e. The van der Waals surface area contributed by atoms with E-state index >= 15 is 0 Å². The van der Waals surface area contributed by atoms with E-state index in [1.54, 1.807) is 30.3 Å². The van der Waals surface area contributed by atoms with Crippen LogP contribution in [0.25, 0.3) is 0 Å². The Bertz CT molecular complexity index is 1280. The largest absolute Gasteiger partial charge is 0.347 e. The fraction of sp³-hybridized carbons (Fsp3) is 0.0870. The molecule has 4 rings (SSSR count). The van der Waals surface area contributed by atoms with Crippen LogP contribution >= 0.6 is 34.4 Å². The van der Waals surface area contributed by atoms with E-state index in [9.17, 15) is 9.59 Å². The number of hydrogen-bond donors (Lipinski definition) is 2. The van der Waals surface area contributed by atoms with Gasteiger partial charge in [0.05, 0.1) is 16.5 Å². The molecule has 0 radical (unpaired) electrons. The van der Waals surface area contributed by atoms with Gasteiger partial charge in [-0.05, 0) is 46.8 Å². The van der Waals surface area contributed by atoms with Gasteiger partial charge in [-0.3, -0.25) is 14.9 Å². The lowest BCUT2D eigenvalue weighted by Crippen LogP contribution is -2.21. The number of nitriles is 1. The number of nitrogens with one attached hydrogen (secondary N) is 2. The number of rotatable bonds is 8. The van der Waals surface area contributed by atoms with Gasteiger partial charge in [-0.2, -0.15) is 5.26 Å². The van der Waals surface area contributed by atoms with E-state index in [1.807, 2.05) is 35.7 Å². The summed E-state index contributed by atoms with van der Waals surface area (Å²) in [4.78, 5) is 25.2. The second kappa shape index (κ2) is 10.9. The smallest absolute Gasteiger partial charge is 0.261 e. The third kappa shape index (κ3) is 6.26. The molecule has 33 heavy (non-hydrogen) atoms. The lowest BCUT2D eigenvalue weighted by Gasteiger charge is -2.05. The summed E-state index contributed by atoms with van der Waals surface area (Å²) in [7, 11) is 0. The summed E-state index contributed by atoms with van der Waals surface area (Å²) in [5.74, 6) is 0.304. The van der Waals surface area contributed by atoms with Gasteiger partial charge < -0.3 is 5.32 Å². The molecular formula is C23H17N5O2S3. The highest BCUT2D eigenvalue weighted by molar-refractivity contribution is 8.00. The molecule has 2 N–H and O–H groups in total. The Morgan fingerprint density at radius 2 is 1.73 bits per heavy atom. The summed E-state index contributed by atoms with van der Waals surface area (Å²) in [6, 6.07) is 20.1. The SMILES string of the molecule is N#Cc1ccc(CSc2nnc(NC(=O)c3ccc(CNC(=O)c4cccs4)cc3)s2)cc1. The molecule has 0 aliphatic rings. The first-order valence-electron chi connectivity index (χ1n) is 9.78. The monoisotopic (exact) mass is 491 g/mol. The van der Waals surface area contributed by atoms with Gasteiger partial charge in [0.1, 0.15) is 0 Å². The number of benzene rings is 2. The lowest BCUT2D eigenvalue weighted by molar-refractivity contribution is 0.0953. The average molecular weight is 492 g/mol. The van der Waals surface area contributed by atoms with E-state index in [1.165, 1.54) is 34.4 Å². The van der Waals surface area contributed by atoms with E-state index < -0.39 is 0 Å². The van der Waals surface area contributed by atoms with Crippen molar-refractivity contribution < 1.29 is 9.59 Å². The molecule has 0 saturated heterocycles. The molecule has 2 aromatic heterocycles. The third-order valence-corrected chi connectivity index (χ3v) is 7.40. The second-order valence-electron chi connectivity index (χ2n) is 6.78. The molecular weight excluding hydrogens is 474 g/mol. The van der Waals surface area contributed by atoms with Gasteiger partial charge in [-0.1, -0.05) is 53.4 Å². The highest BCUT2D eigenvalue weighted by atomic mass is 32.2. The molecule has 7 nitrogen and oxygen atoms in total. The molecule has 0 bridgehead atoms. The van der Waals surface area contributed by atoms with Gasteiger partial charge >= 0.3 is 0 Å². The van der Waals surface area contributed by atoms with E-state index in [0.717, 1.165) is 15.5 Å². The Morgan fingerprint density at radius 3 is 2.42 bits per heavy atom. The fourth-order valence-corrected chi connectivity index (χ4v) is 5.10. The maximum absolute atomic E-state index is 12.5. The van der Waals surface area contributed by atoms with Crippen molar-refractivity contribution in [3.05, 3.63) is 93.2 Å². The molecule has 4 aromatic rings. The first-order chi connectivity index (χ1) is 16.1. The van der Waals surface area contributed by atoms with E-state index in [4.69, 9.17) is 5.26 Å². The highest BCUT2D eigenvalue weighted by Gasteiger charge is 2.11. The zero-order valence-electron chi connectivity index (χ0n) is 17.1. The zero-order chi connectivity index (χ0) is 23.0. The number of carbonyl (C=O) groups excluding carboxylic acids is 2. The number of thiophene rings is 1. The van der Waals surface area contributed by atoms with Crippen molar-refractivity contribution in [3.63, 3.8) is 0 Å². The lowest BCUT2D eigenvalue weighted by atomic mass is 10.1. The van der Waals surface area contributed by atoms with Gasteiger partial charge in [-0.25, -0.2) is 0 Å². The van der Waals surface area contributed by atoms with Crippen LogP contribution in [0.1, 0.15) is 36.7 Å². The summed E-state index contributed by atoms with van der Waals surface area (Å²) in [5.41, 5.74) is 3.09. The maximum Gasteiger partial charge on any atom is 0.261 e. The molecule has 0 unspecified atom stereocenters. The number of anilines is 1. The second-order valence-corrected chi connectivity index (χ2v) is 9.93. The predicted molar refractivity (Wildman–Crippen MR) is 131 cm³/mol. The molecule has 0 atom stereocenters. The summed E-state index contributed by atoms with van der Waals surface area (Å²) in [5, 5.41) is 24.9. The van der Waals surface area contributed by atoms with E-state index in [0.29, 0.717) is 33.4 Å². The molecule has 2 heterocycles. The van der Waals surface area contributed by atoms with Crippen molar-refractivity contribution in [1.82, 2.24) is 15.5 Å². The molecule has 2 aromatic carbocycles. The first kappa shape index (κ1) is 22.7. The van der Waals surface area contributed by atoms with Crippen LogP contribution in [-0.2, 0) is 12.3 Å². The number of hydrogen-bond acceptors (Lipinski definition) is 8. The number of aromatic nitrogens is 2. The molecule has 0 saturated carbocycles. The Morgan fingerprint density at radius 1 is 0.970 bits per heavy atom. The minimum absolute atomic E-state index is 0.115. The molecule has 0 fully saturated rings. The molecule has 0 spiro atoms. The summed E-state index contributed by atoms with van der Waals surface area (Å²) in [6.45, 7) is 0.384. The van der Waals surface area contributed by atoms with Crippen molar-refractivity contribution >= 4 is 51.4 Å². The standard InChI is InChI=1S/C23H17N5O2S3/c24-12-15-3-5-17(6-4-15)14-32-23-28-27-22(33-23)26-20(29)18-9-7-16(8-10-18)13-25-21(30)19-2-1-11-31-19/h1-11H,13-14H2,(H,25,30)(H,26,27,29). The molecule has 2 amide bonds. The normalized spacial score (nSPS) is 10.4. The Balaban J connectivity index is 1.27. The van der Waals surface area contributed by atoms with Gasteiger partial charge in [-0.15, -0.1) is 21.5 Å². The van der Waals surface area contributed by atoms with E-state index in [2.05, 4.69) is 26.9 Å². The molecule has 0 aliphatic carbocycles. The number of thioether (sulfide) groups is 1. The van der Waals surface area contributed by atoms with Gasteiger partial charge in [0.2, 0.25) is 5.13 Å². The van der Waals surface area contributed by atoms with Crippen molar-refractivity contribution in [3.8, 4) is 6.07 Å². The molecule has 10 heteroatoms. The minimum atomic E-state index is -0.274. The van der Waals surface area contributed by atoms with Crippen molar-refractivity contribution in [1.29, 1.82) is 5.26 Å². The predicted octanol–water partition coefficient (Wildman–Crippen LogP) is 4.95. The van der Waals surface area contributed by atoms with Gasteiger partial charge in [0.25, 0.3) is 11.8 Å². The van der Waals surface area contributed by atoms with Crippen LogP contribution in [-0.4, -0.2) is 22.0 Å². The number of nitrogens with zero attached hydrogens (tertiary/aromatic N) is 3. The van der Waals surface area contributed by atoms with Crippen LogP contribution in [0.3, 0.4) is 0 Å². The summed E-state index contributed by atoms with van der Waals surface area (Å²) >= 11 is 4.21. The van der Waals surface area contributed by atoms with E-state index in [-0.39, 0.29) is 11.8 Å². The Kier molecular flexibility index (Phi) is 7.47. The molecule has 164 valence electrons. The molecule has 0 aliphatic heterocycles. The first-order valence-corrected chi connectivity index (χ1v) is 12.5. The fourth-order valence-electron chi connectivity index (χ4n) is 2.76. The van der Waals surface area contributed by atoms with Crippen molar-refractivity contribution in [2.75, 3.05) is 5.32 Å². The summed E-state index contributed by atoms with van der Waals surface area (Å²) < 4.78 is 0.742. The van der Waals surface area contributed by atoms with Crippen LogP contribution in [0.15, 0.2) is 70.4 Å². The number of amides is 2. The topological polar surface area (TPSA) is 108 Å². The van der Waals surface area contributed by atoms with Crippen LogP contribution in [0.5, 0.6) is 0 Å². The number of carbonyl (C=O) groups is 2.